The molecule has 0 radical (unpaired) electrons. The van der Waals surface area contributed by atoms with Gasteiger partial charge in [-0.3, -0.25) is 0 Å². The number of nitrogens with two attached hydrogens (primary N) is 1. The Labute approximate surface area is 59.8 Å². The van der Waals surface area contributed by atoms with Gasteiger partial charge in [-0.1, -0.05) is 0 Å². The molecule has 2 N–H and O–H groups in total. The maximum Gasteiger partial charge on any atom is 0.128 e. The van der Waals surface area contributed by atoms with Crippen LogP contribution in [0.5, 0.6) is 0 Å². The molecule has 10 heavy (non-hydrogen) atoms. The molecule has 0 amide bonds. The maximum absolute atomic E-state index is 10.7. The van der Waals surface area contributed by atoms with Gasteiger partial charge in [-0.25, -0.2) is 0 Å². The van der Waals surface area contributed by atoms with Crippen molar-refractivity contribution in [2.24, 2.45) is 28.9 Å². The van der Waals surface area contributed by atoms with Gasteiger partial charge >= 0.3 is 0 Å². The molecule has 54 valence electrons. The van der Waals surface area contributed by atoms with Crippen LogP contribution in [0.1, 0.15) is 12.8 Å². The van der Waals surface area contributed by atoms with E-state index in [9.17, 15) is 4.79 Å². The molecule has 4 rings (SSSR count). The summed E-state index contributed by atoms with van der Waals surface area (Å²) >= 11 is 0. The van der Waals surface area contributed by atoms with Crippen LogP contribution in [0.4, 0.5) is 0 Å². The first-order valence-corrected chi connectivity index (χ1v) is 4.02. The highest BCUT2D eigenvalue weighted by molar-refractivity contribution is 5.70. The predicted molar refractivity (Wildman–Crippen MR) is 36.2 cm³/mol. The molecule has 4 saturated carbocycles. The molecule has 0 spiro atoms. The van der Waals surface area contributed by atoms with E-state index in [1.807, 2.05) is 0 Å². The van der Waals surface area contributed by atoms with Crippen molar-refractivity contribution in [2.75, 3.05) is 0 Å². The zero-order valence-corrected chi connectivity index (χ0v) is 5.79. The quantitative estimate of drug-likeness (QED) is 0.523. The Morgan fingerprint density at radius 1 is 1.40 bits per heavy atom. The average Bonchev–Trinajstić information content (AvgIpc) is 2.39. The van der Waals surface area contributed by atoms with Crippen LogP contribution >= 0.6 is 0 Å². The van der Waals surface area contributed by atoms with Crippen molar-refractivity contribution in [3.8, 4) is 0 Å². The smallest absolute Gasteiger partial charge is 0.128 e. The zero-order valence-electron chi connectivity index (χ0n) is 5.79. The van der Waals surface area contributed by atoms with Crippen molar-refractivity contribution >= 4 is 6.29 Å². The minimum atomic E-state index is -0.00926. The second kappa shape index (κ2) is 1.18. The maximum atomic E-state index is 10.7. The first kappa shape index (κ1) is 5.30. The summed E-state index contributed by atoms with van der Waals surface area (Å²) in [4.78, 5) is 10.7. The van der Waals surface area contributed by atoms with Gasteiger partial charge in [-0.2, -0.15) is 0 Å². The molecule has 4 aliphatic rings. The summed E-state index contributed by atoms with van der Waals surface area (Å²) in [7, 11) is 0. The third kappa shape index (κ3) is 0.280. The Bertz CT molecular complexity index is 201. The van der Waals surface area contributed by atoms with Gasteiger partial charge < -0.3 is 10.5 Å². The van der Waals surface area contributed by atoms with E-state index < -0.39 is 0 Å². The Morgan fingerprint density at radius 2 is 2.00 bits per heavy atom. The minimum Gasteiger partial charge on any atom is -0.327 e. The summed E-state index contributed by atoms with van der Waals surface area (Å²) in [5, 5.41) is 0. The molecule has 0 aromatic heterocycles. The van der Waals surface area contributed by atoms with E-state index >= 15 is 0 Å². The third-order valence-corrected chi connectivity index (χ3v) is 4.06. The van der Waals surface area contributed by atoms with Crippen molar-refractivity contribution < 1.29 is 4.79 Å². The molecular weight excluding hydrogens is 126 g/mol. The van der Waals surface area contributed by atoms with Crippen molar-refractivity contribution in [1.82, 2.24) is 0 Å². The average molecular weight is 137 g/mol. The number of hydrogen-bond acceptors (Lipinski definition) is 2. The second-order valence-electron chi connectivity index (χ2n) is 4.09. The van der Waals surface area contributed by atoms with Gasteiger partial charge in [-0.15, -0.1) is 0 Å². The van der Waals surface area contributed by atoms with Gasteiger partial charge in [-0.05, 0) is 30.6 Å². The summed E-state index contributed by atoms with van der Waals surface area (Å²) in [6.07, 6.45) is 3.62. The van der Waals surface area contributed by atoms with Crippen molar-refractivity contribution in [3.05, 3.63) is 0 Å². The number of hydrogen-bond donors (Lipinski definition) is 1. The van der Waals surface area contributed by atoms with Gasteiger partial charge in [0, 0.05) is 11.5 Å². The zero-order chi connectivity index (χ0) is 6.93. The van der Waals surface area contributed by atoms with Crippen molar-refractivity contribution in [2.45, 2.75) is 18.9 Å². The summed E-state index contributed by atoms with van der Waals surface area (Å²) in [6, 6.07) is 0.222. The Hall–Kier alpha value is -0.370. The molecule has 0 aromatic rings. The largest absolute Gasteiger partial charge is 0.327 e. The molecule has 3 unspecified atom stereocenters. The van der Waals surface area contributed by atoms with Crippen molar-refractivity contribution in [3.63, 3.8) is 0 Å². The molecule has 2 heteroatoms. The van der Waals surface area contributed by atoms with E-state index in [0.29, 0.717) is 17.8 Å². The minimum absolute atomic E-state index is 0.00926. The molecule has 2 nitrogen and oxygen atoms in total. The molecule has 0 heterocycles. The number of aldehydes is 1. The number of rotatable bonds is 1. The topological polar surface area (TPSA) is 43.1 Å². The van der Waals surface area contributed by atoms with Gasteiger partial charge in [0.25, 0.3) is 0 Å². The van der Waals surface area contributed by atoms with E-state index in [1.54, 1.807) is 0 Å². The molecule has 3 atom stereocenters. The van der Waals surface area contributed by atoms with Crippen LogP contribution in [0.25, 0.3) is 0 Å². The predicted octanol–water partition coefficient (Wildman–Crippen LogP) is 0.169. The van der Waals surface area contributed by atoms with Crippen molar-refractivity contribution in [1.29, 1.82) is 0 Å². The Kier molecular flexibility index (Phi) is 0.626. The fourth-order valence-electron chi connectivity index (χ4n) is 3.52. The Morgan fingerprint density at radius 3 is 2.20 bits per heavy atom. The van der Waals surface area contributed by atoms with Gasteiger partial charge in [0.1, 0.15) is 6.29 Å². The van der Waals surface area contributed by atoms with E-state index in [2.05, 4.69) is 0 Å². The van der Waals surface area contributed by atoms with E-state index in [0.717, 1.165) is 6.29 Å². The lowest BCUT2D eigenvalue weighted by atomic mass is 10.0. The fourth-order valence-corrected chi connectivity index (χ4v) is 3.52. The first-order chi connectivity index (χ1) is 4.80. The lowest BCUT2D eigenvalue weighted by Gasteiger charge is -2.11. The second-order valence-corrected chi connectivity index (χ2v) is 4.09. The van der Waals surface area contributed by atoms with Crippen LogP contribution in [0, 0.1) is 23.2 Å². The molecule has 4 aliphatic carbocycles. The highest BCUT2D eigenvalue weighted by Crippen LogP contribution is 2.77. The van der Waals surface area contributed by atoms with Crippen LogP contribution in [-0.4, -0.2) is 12.3 Å². The van der Waals surface area contributed by atoms with Crippen LogP contribution in [0.2, 0.25) is 0 Å². The van der Waals surface area contributed by atoms with E-state index in [1.165, 1.54) is 12.8 Å². The highest BCUT2D eigenvalue weighted by Gasteiger charge is 2.78. The van der Waals surface area contributed by atoms with Crippen LogP contribution in [0.3, 0.4) is 0 Å². The summed E-state index contributed by atoms with van der Waals surface area (Å²) in [6.45, 7) is 0. The monoisotopic (exact) mass is 137 g/mol. The fraction of sp³-hybridized carbons (Fsp3) is 0.875. The third-order valence-electron chi connectivity index (χ3n) is 4.06. The van der Waals surface area contributed by atoms with Gasteiger partial charge in [0.15, 0.2) is 0 Å². The summed E-state index contributed by atoms with van der Waals surface area (Å²) in [5.74, 6) is 2.09. The van der Waals surface area contributed by atoms with Crippen LogP contribution in [-0.2, 0) is 4.79 Å². The summed E-state index contributed by atoms with van der Waals surface area (Å²) < 4.78 is 0. The molecule has 4 fully saturated rings. The normalized spacial score (nSPS) is 68.5. The summed E-state index contributed by atoms with van der Waals surface area (Å²) in [5.41, 5.74) is 5.91. The lowest BCUT2D eigenvalue weighted by Crippen LogP contribution is -2.32. The number of carbonyl (C=O) groups is 1. The lowest BCUT2D eigenvalue weighted by molar-refractivity contribution is -0.112. The van der Waals surface area contributed by atoms with Gasteiger partial charge in [0.05, 0.1) is 0 Å². The Balaban J connectivity index is 2.11. The standard InChI is InChI=1S/C8H11NO/c9-7-4-1-5-6(2-4)8(5,7)3-10/h3-7H,1-2,9H2. The highest BCUT2D eigenvalue weighted by atomic mass is 16.1. The molecule has 0 aromatic carbocycles. The van der Waals surface area contributed by atoms with Gasteiger partial charge in [0.2, 0.25) is 0 Å². The molecule has 0 aliphatic heterocycles. The van der Waals surface area contributed by atoms with Crippen LogP contribution < -0.4 is 5.73 Å². The van der Waals surface area contributed by atoms with Crippen LogP contribution in [0.15, 0.2) is 0 Å². The number of carbonyl (C=O) groups excluding carboxylic acids is 1. The molecular formula is C8H11NO. The molecule has 0 saturated heterocycles. The van der Waals surface area contributed by atoms with E-state index in [-0.39, 0.29) is 11.5 Å². The van der Waals surface area contributed by atoms with E-state index in [4.69, 9.17) is 5.73 Å². The SMILES string of the molecule is NC1C2CC3C(C2)C13C=O. The first-order valence-electron chi connectivity index (χ1n) is 4.02. The molecule has 4 bridgehead atoms.